The smallest absolute Gasteiger partial charge is 0.420 e. The van der Waals surface area contributed by atoms with E-state index in [2.05, 4.69) is 10.1 Å². The van der Waals surface area contributed by atoms with E-state index < -0.39 is 40.8 Å². The zero-order valence-corrected chi connectivity index (χ0v) is 15.8. The van der Waals surface area contributed by atoms with E-state index in [1.807, 2.05) is 0 Å². The second-order valence-electron chi connectivity index (χ2n) is 7.62. The van der Waals surface area contributed by atoms with E-state index in [9.17, 15) is 19.5 Å². The fraction of sp³-hybridized carbons (Fsp3) is 0.500. The molecule has 0 aliphatic heterocycles. The SMILES string of the molecule is CC(C)(C)OC(=O)N[C@@H](C(=[N+]=[N-])C(=O)OC(C)(C)C)c1ccc(F)cc1. The first kappa shape index (κ1) is 21.3. The number of esters is 1. The Kier molecular flexibility index (Phi) is 6.64. The predicted octanol–water partition coefficient (Wildman–Crippen LogP) is 3.40. The topological polar surface area (TPSA) is 101 Å². The van der Waals surface area contributed by atoms with Crippen LogP contribution in [0.15, 0.2) is 24.3 Å². The lowest BCUT2D eigenvalue weighted by atomic mass is 10.0. The van der Waals surface area contributed by atoms with Crippen molar-refractivity contribution in [2.75, 3.05) is 0 Å². The highest BCUT2D eigenvalue weighted by atomic mass is 19.1. The maximum Gasteiger partial charge on any atom is 0.420 e. The van der Waals surface area contributed by atoms with Crippen molar-refractivity contribution < 1.29 is 28.2 Å². The quantitative estimate of drug-likeness (QED) is 0.382. The maximum atomic E-state index is 13.2. The molecule has 1 aromatic rings. The van der Waals surface area contributed by atoms with E-state index in [1.54, 1.807) is 41.5 Å². The summed E-state index contributed by atoms with van der Waals surface area (Å²) in [6.07, 6.45) is -0.837. The first-order valence-corrected chi connectivity index (χ1v) is 8.02. The molecule has 0 fully saturated rings. The van der Waals surface area contributed by atoms with E-state index in [4.69, 9.17) is 9.47 Å². The molecule has 1 rings (SSSR count). The number of alkyl carbamates (subject to hydrolysis) is 1. The van der Waals surface area contributed by atoms with E-state index in [0.717, 1.165) is 12.1 Å². The summed E-state index contributed by atoms with van der Waals surface area (Å²) in [7, 11) is 0. The highest BCUT2D eigenvalue weighted by Gasteiger charge is 2.38. The van der Waals surface area contributed by atoms with Gasteiger partial charge in [0, 0.05) is 0 Å². The number of hydrogen-bond acceptors (Lipinski definition) is 4. The summed E-state index contributed by atoms with van der Waals surface area (Å²) in [5, 5.41) is 2.45. The molecule has 0 heterocycles. The van der Waals surface area contributed by atoms with Crippen LogP contribution >= 0.6 is 0 Å². The van der Waals surface area contributed by atoms with Crippen LogP contribution < -0.4 is 5.32 Å². The van der Waals surface area contributed by atoms with Crippen molar-refractivity contribution >= 4 is 17.8 Å². The summed E-state index contributed by atoms with van der Waals surface area (Å²) in [5.74, 6) is -1.42. The number of carbonyl (C=O) groups is 2. The van der Waals surface area contributed by atoms with Crippen molar-refractivity contribution in [3.8, 4) is 0 Å². The van der Waals surface area contributed by atoms with Crippen LogP contribution in [0.25, 0.3) is 5.53 Å². The lowest BCUT2D eigenvalue weighted by Gasteiger charge is -2.23. The third kappa shape index (κ3) is 7.03. The summed E-state index contributed by atoms with van der Waals surface area (Å²) < 4.78 is 23.6. The number of hydrogen-bond donors (Lipinski definition) is 1. The van der Waals surface area contributed by atoms with Crippen LogP contribution in [-0.2, 0) is 14.3 Å². The Labute approximate surface area is 152 Å². The number of amides is 1. The third-order valence-corrected chi connectivity index (χ3v) is 2.85. The van der Waals surface area contributed by atoms with Gasteiger partial charge in [-0.3, -0.25) is 0 Å². The number of rotatable bonds is 4. The molecule has 0 bridgehead atoms. The first-order chi connectivity index (χ1) is 11.8. The number of benzene rings is 1. The van der Waals surface area contributed by atoms with Crippen LogP contribution in [0.4, 0.5) is 9.18 Å². The van der Waals surface area contributed by atoms with Crippen LogP contribution in [0, 0.1) is 5.82 Å². The van der Waals surface area contributed by atoms with Crippen molar-refractivity contribution in [2.45, 2.75) is 58.8 Å². The lowest BCUT2D eigenvalue weighted by Crippen LogP contribution is -2.42. The molecular weight excluding hydrogens is 341 g/mol. The van der Waals surface area contributed by atoms with Gasteiger partial charge in [-0.2, -0.15) is 4.79 Å². The Morgan fingerprint density at radius 1 is 1.04 bits per heavy atom. The van der Waals surface area contributed by atoms with Gasteiger partial charge in [0.1, 0.15) is 17.0 Å². The average Bonchev–Trinajstić information content (AvgIpc) is 2.44. The van der Waals surface area contributed by atoms with Crippen molar-refractivity contribution in [2.24, 2.45) is 0 Å². The summed E-state index contributed by atoms with van der Waals surface area (Å²) in [6.45, 7) is 9.97. The minimum Gasteiger partial charge on any atom is -0.451 e. The zero-order chi connectivity index (χ0) is 20.1. The largest absolute Gasteiger partial charge is 0.451 e. The molecular formula is C18H24FN3O4. The van der Waals surface area contributed by atoms with Crippen molar-refractivity contribution in [3.05, 3.63) is 41.2 Å². The Balaban J connectivity index is 3.21. The molecule has 1 aromatic carbocycles. The molecule has 1 atom stereocenters. The molecule has 0 aliphatic carbocycles. The molecule has 0 aromatic heterocycles. The average molecular weight is 365 g/mol. The van der Waals surface area contributed by atoms with Gasteiger partial charge < -0.3 is 20.3 Å². The van der Waals surface area contributed by atoms with Crippen LogP contribution in [0.2, 0.25) is 0 Å². The molecule has 0 spiro atoms. The maximum absolute atomic E-state index is 13.2. The number of nitrogens with zero attached hydrogens (tertiary/aromatic N) is 2. The van der Waals surface area contributed by atoms with E-state index in [-0.39, 0.29) is 0 Å². The molecule has 0 unspecified atom stereocenters. The lowest BCUT2D eigenvalue weighted by molar-refractivity contribution is -0.151. The Hall–Kier alpha value is -2.73. The normalized spacial score (nSPS) is 12.6. The van der Waals surface area contributed by atoms with Gasteiger partial charge >= 0.3 is 17.8 Å². The predicted molar refractivity (Wildman–Crippen MR) is 93.0 cm³/mol. The summed E-state index contributed by atoms with van der Waals surface area (Å²) in [4.78, 5) is 27.5. The second kappa shape index (κ2) is 8.10. The highest BCUT2D eigenvalue weighted by molar-refractivity contribution is 6.36. The van der Waals surface area contributed by atoms with Gasteiger partial charge in [0.05, 0.1) is 0 Å². The summed E-state index contributed by atoms with van der Waals surface area (Å²) in [6, 6.07) is 3.83. The number of nitrogens with one attached hydrogen (secondary N) is 1. The minimum absolute atomic E-state index is 0.316. The molecule has 142 valence electrons. The number of ether oxygens (including phenoxy) is 2. The monoisotopic (exact) mass is 365 g/mol. The van der Waals surface area contributed by atoms with Crippen molar-refractivity contribution in [1.82, 2.24) is 5.32 Å². The Bertz CT molecular complexity index is 711. The molecule has 26 heavy (non-hydrogen) atoms. The molecule has 1 amide bonds. The second-order valence-corrected chi connectivity index (χ2v) is 7.62. The summed E-state index contributed by atoms with van der Waals surface area (Å²) >= 11 is 0. The molecule has 1 N–H and O–H groups in total. The van der Waals surface area contributed by atoms with E-state index in [1.165, 1.54) is 12.1 Å². The van der Waals surface area contributed by atoms with E-state index >= 15 is 0 Å². The number of halogens is 1. The fourth-order valence-electron chi connectivity index (χ4n) is 1.94. The van der Waals surface area contributed by atoms with Gasteiger partial charge in [-0.1, -0.05) is 12.1 Å². The van der Waals surface area contributed by atoms with Crippen LogP contribution in [0.5, 0.6) is 0 Å². The van der Waals surface area contributed by atoms with E-state index in [0.29, 0.717) is 5.56 Å². The third-order valence-electron chi connectivity index (χ3n) is 2.85. The van der Waals surface area contributed by atoms with Gasteiger partial charge in [-0.15, -0.1) is 0 Å². The van der Waals surface area contributed by atoms with Gasteiger partial charge in [0.2, 0.25) is 0 Å². The van der Waals surface area contributed by atoms with Crippen molar-refractivity contribution in [3.63, 3.8) is 0 Å². The number of carbonyl (C=O) groups excluding carboxylic acids is 2. The highest BCUT2D eigenvalue weighted by Crippen LogP contribution is 2.19. The van der Waals surface area contributed by atoms with Crippen molar-refractivity contribution in [1.29, 1.82) is 0 Å². The van der Waals surface area contributed by atoms with Gasteiger partial charge in [0.25, 0.3) is 0 Å². The van der Waals surface area contributed by atoms with Gasteiger partial charge in [-0.25, -0.2) is 14.0 Å². The molecule has 0 saturated carbocycles. The van der Waals surface area contributed by atoms with Crippen LogP contribution in [0.1, 0.15) is 53.1 Å². The summed E-state index contributed by atoms with van der Waals surface area (Å²) in [5.41, 5.74) is 7.58. The minimum atomic E-state index is -1.19. The molecule has 0 saturated heterocycles. The standard InChI is InChI=1S/C18H24FN3O4/c1-17(2,3)25-15(23)14(22-20)13(11-7-9-12(19)10-8-11)21-16(24)26-18(4,5)6/h7-10,13H,1-6H3,(H,21,24)/t13-/m1/s1. The Morgan fingerprint density at radius 3 is 1.96 bits per heavy atom. The Morgan fingerprint density at radius 2 is 1.54 bits per heavy atom. The molecule has 0 aliphatic rings. The molecule has 8 heteroatoms. The molecule has 0 radical (unpaired) electrons. The first-order valence-electron chi connectivity index (χ1n) is 8.02. The van der Waals surface area contributed by atoms with Crippen LogP contribution in [0.3, 0.4) is 0 Å². The van der Waals surface area contributed by atoms with Gasteiger partial charge in [-0.05, 0) is 59.2 Å². The fourth-order valence-corrected chi connectivity index (χ4v) is 1.94. The molecule has 7 nitrogen and oxygen atoms in total. The van der Waals surface area contributed by atoms with Gasteiger partial charge in [0.15, 0.2) is 6.04 Å². The van der Waals surface area contributed by atoms with Crippen LogP contribution in [-0.4, -0.2) is 33.8 Å². The zero-order valence-electron chi connectivity index (χ0n) is 15.8.